The van der Waals surface area contributed by atoms with E-state index in [1.165, 1.54) is 26.1 Å². The summed E-state index contributed by atoms with van der Waals surface area (Å²) in [6.45, 7) is 1.39. The topological polar surface area (TPSA) is 111 Å². The minimum absolute atomic E-state index is 0.0342. The lowest BCUT2D eigenvalue weighted by Crippen LogP contribution is -2.30. The molecule has 0 fully saturated rings. The van der Waals surface area contributed by atoms with Gasteiger partial charge in [-0.15, -0.1) is 0 Å². The van der Waals surface area contributed by atoms with Gasteiger partial charge < -0.3 is 15.4 Å². The van der Waals surface area contributed by atoms with Crippen LogP contribution in [0, 0.1) is 10.1 Å². The third kappa shape index (κ3) is 4.48. The van der Waals surface area contributed by atoms with E-state index in [4.69, 9.17) is 16.3 Å². The number of para-hydroxylation sites is 1. The maximum Gasteiger partial charge on any atom is 0.339 e. The zero-order valence-electron chi connectivity index (χ0n) is 14.0. The number of ether oxygens (including phenoxy) is 1. The van der Waals surface area contributed by atoms with Crippen molar-refractivity contribution in [2.24, 2.45) is 0 Å². The van der Waals surface area contributed by atoms with E-state index >= 15 is 0 Å². The molecule has 2 N–H and O–H groups in total. The van der Waals surface area contributed by atoms with Crippen molar-refractivity contribution in [3.8, 4) is 0 Å². The van der Waals surface area contributed by atoms with E-state index in [9.17, 15) is 19.7 Å². The third-order valence-electron chi connectivity index (χ3n) is 3.48. The number of halogens is 1. The number of nitrogens with one attached hydrogen (secondary N) is 2. The minimum Gasteiger partial charge on any atom is -0.449 e. The van der Waals surface area contributed by atoms with Crippen LogP contribution in [0.5, 0.6) is 0 Å². The molecule has 26 heavy (non-hydrogen) atoms. The highest BCUT2D eigenvalue weighted by atomic mass is 35.5. The van der Waals surface area contributed by atoms with Gasteiger partial charge in [0.25, 0.3) is 11.6 Å². The molecule has 0 unspecified atom stereocenters. The van der Waals surface area contributed by atoms with Crippen molar-refractivity contribution in [3.63, 3.8) is 0 Å². The Morgan fingerprint density at radius 2 is 1.88 bits per heavy atom. The second kappa shape index (κ2) is 8.30. The Morgan fingerprint density at radius 1 is 1.19 bits per heavy atom. The number of anilines is 2. The maximum atomic E-state index is 12.2. The first kappa shape index (κ1) is 19.2. The van der Waals surface area contributed by atoms with Gasteiger partial charge in [-0.25, -0.2) is 4.79 Å². The number of nitrogens with zero attached hydrogens (tertiary/aromatic N) is 1. The van der Waals surface area contributed by atoms with Gasteiger partial charge in [0.2, 0.25) is 0 Å². The molecule has 0 radical (unpaired) electrons. The van der Waals surface area contributed by atoms with Gasteiger partial charge in [-0.1, -0.05) is 23.7 Å². The van der Waals surface area contributed by atoms with Crippen molar-refractivity contribution in [1.82, 2.24) is 0 Å². The van der Waals surface area contributed by atoms with Gasteiger partial charge in [0.1, 0.15) is 5.69 Å². The first-order valence-electron chi connectivity index (χ1n) is 7.56. The van der Waals surface area contributed by atoms with Crippen molar-refractivity contribution >= 4 is 40.5 Å². The monoisotopic (exact) mass is 377 g/mol. The molecule has 8 nitrogen and oxygen atoms in total. The summed E-state index contributed by atoms with van der Waals surface area (Å²) in [5.41, 5.74) is 0.343. The summed E-state index contributed by atoms with van der Waals surface area (Å²) in [5.74, 6) is -1.43. The summed E-state index contributed by atoms with van der Waals surface area (Å²) in [6, 6.07) is 10.5. The van der Waals surface area contributed by atoms with Crippen molar-refractivity contribution in [3.05, 3.63) is 63.2 Å². The molecule has 0 aromatic heterocycles. The van der Waals surface area contributed by atoms with Gasteiger partial charge in [0.15, 0.2) is 6.10 Å². The molecular formula is C17H16ClN3O5. The average molecular weight is 378 g/mol. The molecule has 0 saturated heterocycles. The van der Waals surface area contributed by atoms with Crippen LogP contribution < -0.4 is 10.6 Å². The smallest absolute Gasteiger partial charge is 0.339 e. The van der Waals surface area contributed by atoms with E-state index in [-0.39, 0.29) is 16.9 Å². The van der Waals surface area contributed by atoms with E-state index in [0.717, 1.165) is 6.07 Å². The van der Waals surface area contributed by atoms with Crippen LogP contribution in [-0.4, -0.2) is 30.0 Å². The molecule has 0 aliphatic carbocycles. The predicted molar refractivity (Wildman–Crippen MR) is 97.6 cm³/mol. The van der Waals surface area contributed by atoms with Crippen LogP contribution in [0.15, 0.2) is 42.5 Å². The highest BCUT2D eigenvalue weighted by Gasteiger charge is 2.22. The fraction of sp³-hybridized carbons (Fsp3) is 0.176. The molecule has 9 heteroatoms. The van der Waals surface area contributed by atoms with Gasteiger partial charge in [0, 0.05) is 13.1 Å². The van der Waals surface area contributed by atoms with Crippen LogP contribution in [0.25, 0.3) is 0 Å². The van der Waals surface area contributed by atoms with Crippen molar-refractivity contribution < 1.29 is 19.2 Å². The van der Waals surface area contributed by atoms with Crippen LogP contribution in [-0.2, 0) is 9.53 Å². The fourth-order valence-corrected chi connectivity index (χ4v) is 2.28. The molecular weight excluding hydrogens is 362 g/mol. The molecule has 0 bridgehead atoms. The van der Waals surface area contributed by atoms with Crippen LogP contribution in [0.3, 0.4) is 0 Å². The summed E-state index contributed by atoms with van der Waals surface area (Å²) in [6.07, 6.45) is -1.12. The van der Waals surface area contributed by atoms with Crippen LogP contribution in [0.4, 0.5) is 17.1 Å². The Balaban J connectivity index is 2.09. The number of esters is 1. The van der Waals surface area contributed by atoms with E-state index < -0.39 is 22.9 Å². The number of carbonyl (C=O) groups is 2. The largest absolute Gasteiger partial charge is 0.449 e. The van der Waals surface area contributed by atoms with E-state index in [0.29, 0.717) is 10.7 Å². The summed E-state index contributed by atoms with van der Waals surface area (Å²) < 4.78 is 5.08. The number of benzene rings is 2. The molecule has 0 spiro atoms. The summed E-state index contributed by atoms with van der Waals surface area (Å²) in [5, 5.41) is 16.6. The zero-order chi connectivity index (χ0) is 19.3. The van der Waals surface area contributed by atoms with E-state index in [1.807, 2.05) is 0 Å². The van der Waals surface area contributed by atoms with Crippen molar-refractivity contribution in [2.75, 3.05) is 17.7 Å². The standard InChI is InChI=1S/C17H16ClN3O5/c1-10(16(22)20-13-6-4-3-5-12(13)18)26-17(23)11-7-8-14(19-2)15(9-11)21(24)25/h3-10,19H,1-2H3,(H,20,22)/t10-/m1/s1. The Labute approximate surface area is 154 Å². The Kier molecular flexibility index (Phi) is 6.13. The number of nitro groups is 1. The number of nitro benzene ring substituents is 1. The molecule has 2 rings (SSSR count). The van der Waals surface area contributed by atoms with Crippen LogP contribution in [0.2, 0.25) is 5.02 Å². The Bertz CT molecular complexity index is 856. The lowest BCUT2D eigenvalue weighted by molar-refractivity contribution is -0.384. The third-order valence-corrected chi connectivity index (χ3v) is 3.81. The van der Waals surface area contributed by atoms with E-state index in [1.54, 1.807) is 24.3 Å². The molecule has 136 valence electrons. The molecule has 0 heterocycles. The van der Waals surface area contributed by atoms with Crippen LogP contribution in [0.1, 0.15) is 17.3 Å². The van der Waals surface area contributed by atoms with Crippen molar-refractivity contribution in [1.29, 1.82) is 0 Å². The SMILES string of the molecule is CNc1ccc(C(=O)O[C@H](C)C(=O)Nc2ccccc2Cl)cc1[N+](=O)[O-]. The maximum absolute atomic E-state index is 12.2. The summed E-state index contributed by atoms with van der Waals surface area (Å²) in [7, 11) is 1.53. The van der Waals surface area contributed by atoms with Gasteiger partial charge in [-0.2, -0.15) is 0 Å². The molecule has 0 saturated carbocycles. The summed E-state index contributed by atoms with van der Waals surface area (Å²) in [4.78, 5) is 34.8. The number of amides is 1. The first-order chi connectivity index (χ1) is 12.3. The molecule has 0 aliphatic heterocycles. The molecule has 0 aliphatic rings. The Morgan fingerprint density at radius 3 is 2.50 bits per heavy atom. The average Bonchev–Trinajstić information content (AvgIpc) is 2.62. The number of hydrogen-bond acceptors (Lipinski definition) is 6. The normalized spacial score (nSPS) is 11.3. The van der Waals surface area contributed by atoms with E-state index in [2.05, 4.69) is 10.6 Å². The van der Waals surface area contributed by atoms with Crippen molar-refractivity contribution in [2.45, 2.75) is 13.0 Å². The fourth-order valence-electron chi connectivity index (χ4n) is 2.10. The summed E-state index contributed by atoms with van der Waals surface area (Å²) >= 11 is 5.96. The molecule has 1 amide bonds. The second-order valence-corrected chi connectivity index (χ2v) is 5.66. The lowest BCUT2D eigenvalue weighted by atomic mass is 10.1. The number of hydrogen-bond donors (Lipinski definition) is 2. The zero-order valence-corrected chi connectivity index (χ0v) is 14.7. The molecule has 2 aromatic rings. The number of carbonyl (C=O) groups excluding carboxylic acids is 2. The second-order valence-electron chi connectivity index (χ2n) is 5.26. The highest BCUT2D eigenvalue weighted by Crippen LogP contribution is 2.26. The van der Waals surface area contributed by atoms with Gasteiger partial charge >= 0.3 is 5.97 Å². The van der Waals surface area contributed by atoms with Gasteiger partial charge in [-0.3, -0.25) is 14.9 Å². The number of rotatable bonds is 6. The molecule has 1 atom stereocenters. The first-order valence-corrected chi connectivity index (χ1v) is 7.94. The minimum atomic E-state index is -1.12. The molecule has 2 aromatic carbocycles. The lowest BCUT2D eigenvalue weighted by Gasteiger charge is -2.14. The van der Waals surface area contributed by atoms with Gasteiger partial charge in [0.05, 0.1) is 21.2 Å². The van der Waals surface area contributed by atoms with Gasteiger partial charge in [-0.05, 0) is 31.2 Å². The highest BCUT2D eigenvalue weighted by molar-refractivity contribution is 6.33. The quantitative estimate of drug-likeness (QED) is 0.453. The predicted octanol–water partition coefficient (Wildman–Crippen LogP) is 3.47. The van der Waals surface area contributed by atoms with Crippen LogP contribution >= 0.6 is 11.6 Å². The Hall–Kier alpha value is -3.13.